The van der Waals surface area contributed by atoms with Crippen LogP contribution < -0.4 is 0 Å². The third-order valence-electron chi connectivity index (χ3n) is 4.03. The monoisotopic (exact) mass is 358 g/mol. The number of aryl methyl sites for hydroxylation is 1. The minimum absolute atomic E-state index is 0.0327. The van der Waals surface area contributed by atoms with E-state index in [1.54, 1.807) is 17.0 Å². The molecule has 0 radical (unpaired) electrons. The van der Waals surface area contributed by atoms with E-state index in [9.17, 15) is 9.90 Å². The van der Waals surface area contributed by atoms with E-state index in [0.717, 1.165) is 22.6 Å². The number of phenolic OH excluding ortho intramolecular Hbond substituents is 1. The number of thiocarbonyl (C=S) groups is 1. The van der Waals surface area contributed by atoms with Gasteiger partial charge in [0.2, 0.25) is 0 Å². The van der Waals surface area contributed by atoms with Crippen LogP contribution in [0.3, 0.4) is 0 Å². The molecular weight excluding hydrogens is 340 g/mol. The molecule has 0 spiro atoms. The van der Waals surface area contributed by atoms with E-state index < -0.39 is 0 Å². The van der Waals surface area contributed by atoms with Crippen molar-refractivity contribution in [2.24, 2.45) is 0 Å². The van der Waals surface area contributed by atoms with Crippen molar-refractivity contribution in [3.63, 3.8) is 0 Å². The maximum absolute atomic E-state index is 12.4. The zero-order valence-corrected chi connectivity index (χ0v) is 15.4. The van der Waals surface area contributed by atoms with Crippen molar-refractivity contribution in [3.05, 3.63) is 52.2 Å². The molecule has 2 aromatic rings. The highest BCUT2D eigenvalue weighted by Gasteiger charge is 2.30. The molecule has 0 aliphatic carbocycles. The summed E-state index contributed by atoms with van der Waals surface area (Å²) in [5.74, 6) is 0.194. The average molecular weight is 358 g/mol. The standard InChI is InChI=1S/C18H18N2O2S2/c1-4-19-17(22)16(24-18(19)23)9-13-8-11(2)20(12(13)3)14-6-5-7-15(21)10-14/h5-10,21H,4H2,1-3H3/b16-9-. The molecule has 3 rings (SSSR count). The van der Waals surface area contributed by atoms with Crippen LogP contribution in [0.4, 0.5) is 0 Å². The van der Waals surface area contributed by atoms with Crippen molar-refractivity contribution in [1.29, 1.82) is 0 Å². The molecule has 0 saturated carbocycles. The summed E-state index contributed by atoms with van der Waals surface area (Å²) in [6.07, 6.45) is 1.90. The summed E-state index contributed by atoms with van der Waals surface area (Å²) in [6.45, 7) is 6.51. The number of benzene rings is 1. The van der Waals surface area contributed by atoms with Crippen LogP contribution in [0.5, 0.6) is 5.75 Å². The van der Waals surface area contributed by atoms with Crippen molar-refractivity contribution < 1.29 is 9.90 Å². The van der Waals surface area contributed by atoms with E-state index in [1.807, 2.05) is 45.0 Å². The van der Waals surface area contributed by atoms with Crippen LogP contribution in [-0.2, 0) is 4.79 Å². The first kappa shape index (κ1) is 16.8. The summed E-state index contributed by atoms with van der Waals surface area (Å²) in [6, 6.07) is 9.17. The number of nitrogens with zero attached hydrogens (tertiary/aromatic N) is 2. The van der Waals surface area contributed by atoms with Crippen LogP contribution in [0.25, 0.3) is 11.8 Å². The van der Waals surface area contributed by atoms with Gasteiger partial charge in [-0.15, -0.1) is 0 Å². The van der Waals surface area contributed by atoms with Crippen molar-refractivity contribution in [2.45, 2.75) is 20.8 Å². The van der Waals surface area contributed by atoms with E-state index in [1.165, 1.54) is 11.8 Å². The molecule has 1 N–H and O–H groups in total. The van der Waals surface area contributed by atoms with E-state index in [0.29, 0.717) is 15.8 Å². The van der Waals surface area contributed by atoms with E-state index >= 15 is 0 Å². The highest BCUT2D eigenvalue weighted by atomic mass is 32.2. The summed E-state index contributed by atoms with van der Waals surface area (Å²) in [5, 5.41) is 9.72. The van der Waals surface area contributed by atoms with Gasteiger partial charge in [-0.05, 0) is 50.6 Å². The Hall–Kier alpha value is -2.05. The normalized spacial score (nSPS) is 16.5. The summed E-state index contributed by atoms with van der Waals surface area (Å²) in [5.41, 5.74) is 3.92. The van der Waals surface area contributed by atoms with Gasteiger partial charge in [0.25, 0.3) is 5.91 Å². The quantitative estimate of drug-likeness (QED) is 0.665. The lowest BCUT2D eigenvalue weighted by atomic mass is 10.2. The second-order valence-electron chi connectivity index (χ2n) is 5.61. The third kappa shape index (κ3) is 2.87. The Balaban J connectivity index is 2.03. The van der Waals surface area contributed by atoms with Gasteiger partial charge < -0.3 is 9.67 Å². The van der Waals surface area contributed by atoms with E-state index in [-0.39, 0.29) is 11.7 Å². The number of phenols is 1. The van der Waals surface area contributed by atoms with Crippen molar-refractivity contribution in [3.8, 4) is 11.4 Å². The summed E-state index contributed by atoms with van der Waals surface area (Å²) >= 11 is 6.60. The lowest BCUT2D eigenvalue weighted by molar-refractivity contribution is -0.121. The first-order chi connectivity index (χ1) is 11.4. The van der Waals surface area contributed by atoms with Gasteiger partial charge in [0, 0.05) is 29.7 Å². The predicted molar refractivity (Wildman–Crippen MR) is 102 cm³/mol. The number of hydrogen-bond acceptors (Lipinski definition) is 4. The molecule has 2 heterocycles. The number of carbonyl (C=O) groups excluding carboxylic acids is 1. The van der Waals surface area contributed by atoms with Gasteiger partial charge >= 0.3 is 0 Å². The molecule has 0 atom stereocenters. The summed E-state index contributed by atoms with van der Waals surface area (Å²) < 4.78 is 2.67. The zero-order valence-electron chi connectivity index (χ0n) is 13.7. The maximum Gasteiger partial charge on any atom is 0.266 e. The van der Waals surface area contributed by atoms with Gasteiger partial charge in [0.1, 0.15) is 10.1 Å². The van der Waals surface area contributed by atoms with Crippen LogP contribution >= 0.6 is 24.0 Å². The number of aromatic hydroxyl groups is 1. The molecule has 6 heteroatoms. The summed E-state index contributed by atoms with van der Waals surface area (Å²) in [4.78, 5) is 14.6. The Morgan fingerprint density at radius 3 is 2.67 bits per heavy atom. The molecule has 1 aromatic carbocycles. The number of aromatic nitrogens is 1. The number of amides is 1. The molecule has 1 aliphatic heterocycles. The van der Waals surface area contributed by atoms with Gasteiger partial charge in [-0.1, -0.05) is 30.0 Å². The largest absolute Gasteiger partial charge is 0.508 e. The minimum atomic E-state index is -0.0327. The number of likely N-dealkylation sites (N-methyl/N-ethyl adjacent to an activating group) is 1. The van der Waals surface area contributed by atoms with Gasteiger partial charge in [0.05, 0.1) is 4.91 Å². The predicted octanol–water partition coefficient (Wildman–Crippen LogP) is 4.02. The second-order valence-corrected chi connectivity index (χ2v) is 7.28. The molecule has 1 aromatic heterocycles. The van der Waals surface area contributed by atoms with Gasteiger partial charge in [0.15, 0.2) is 0 Å². The topological polar surface area (TPSA) is 45.5 Å². The highest BCUT2D eigenvalue weighted by molar-refractivity contribution is 8.26. The van der Waals surface area contributed by atoms with E-state index in [4.69, 9.17) is 12.2 Å². The highest BCUT2D eigenvalue weighted by Crippen LogP contribution is 2.34. The number of rotatable bonds is 3. The Morgan fingerprint density at radius 2 is 2.04 bits per heavy atom. The Morgan fingerprint density at radius 1 is 1.29 bits per heavy atom. The SMILES string of the molecule is CCN1C(=O)/C(=C/c2cc(C)n(-c3cccc(O)c3)c2C)SC1=S. The van der Waals surface area contributed by atoms with E-state index in [2.05, 4.69) is 4.57 Å². The fraction of sp³-hybridized carbons (Fsp3) is 0.222. The Labute approximate surface area is 150 Å². The smallest absolute Gasteiger partial charge is 0.266 e. The van der Waals surface area contributed by atoms with Crippen molar-refractivity contribution >= 4 is 40.3 Å². The van der Waals surface area contributed by atoms with Gasteiger partial charge in [-0.25, -0.2) is 0 Å². The lowest BCUT2D eigenvalue weighted by Gasteiger charge is -2.10. The number of thioether (sulfide) groups is 1. The van der Waals surface area contributed by atoms with Crippen LogP contribution in [0.15, 0.2) is 35.2 Å². The van der Waals surface area contributed by atoms with Crippen LogP contribution in [-0.4, -0.2) is 31.3 Å². The van der Waals surface area contributed by atoms with Crippen molar-refractivity contribution in [1.82, 2.24) is 9.47 Å². The first-order valence-corrected chi connectivity index (χ1v) is 8.88. The minimum Gasteiger partial charge on any atom is -0.508 e. The zero-order chi connectivity index (χ0) is 17.4. The molecule has 1 amide bonds. The molecule has 1 saturated heterocycles. The Bertz CT molecular complexity index is 868. The first-order valence-electron chi connectivity index (χ1n) is 7.66. The average Bonchev–Trinajstić information content (AvgIpc) is 2.95. The lowest BCUT2D eigenvalue weighted by Crippen LogP contribution is -2.27. The summed E-state index contributed by atoms with van der Waals surface area (Å²) in [7, 11) is 0. The molecule has 0 unspecified atom stereocenters. The molecule has 24 heavy (non-hydrogen) atoms. The molecular formula is C18H18N2O2S2. The second kappa shape index (κ2) is 6.45. The maximum atomic E-state index is 12.4. The Kier molecular flexibility index (Phi) is 4.51. The molecule has 0 bridgehead atoms. The number of carbonyl (C=O) groups is 1. The van der Waals surface area contributed by atoms with Crippen LogP contribution in [0, 0.1) is 13.8 Å². The molecule has 4 nitrogen and oxygen atoms in total. The van der Waals surface area contributed by atoms with Gasteiger partial charge in [-0.3, -0.25) is 9.69 Å². The van der Waals surface area contributed by atoms with Gasteiger partial charge in [-0.2, -0.15) is 0 Å². The fourth-order valence-electron chi connectivity index (χ4n) is 2.88. The molecule has 124 valence electrons. The molecule has 1 fully saturated rings. The number of hydrogen-bond donors (Lipinski definition) is 1. The molecule has 1 aliphatic rings. The fourth-order valence-corrected chi connectivity index (χ4v) is 4.25. The third-order valence-corrected chi connectivity index (χ3v) is 5.41. The van der Waals surface area contributed by atoms with Crippen molar-refractivity contribution in [2.75, 3.05) is 6.54 Å². The van der Waals surface area contributed by atoms with Crippen LogP contribution in [0.2, 0.25) is 0 Å². The van der Waals surface area contributed by atoms with Crippen LogP contribution in [0.1, 0.15) is 23.9 Å².